The van der Waals surface area contributed by atoms with Crippen LogP contribution in [0.15, 0.2) is 54.5 Å². The van der Waals surface area contributed by atoms with Crippen molar-refractivity contribution < 1.29 is 4.39 Å². The molecule has 1 aliphatic heterocycles. The van der Waals surface area contributed by atoms with Gasteiger partial charge in [0.25, 0.3) is 6.85 Å². The van der Waals surface area contributed by atoms with E-state index in [0.29, 0.717) is 0 Å². The molecule has 0 aliphatic carbocycles. The van der Waals surface area contributed by atoms with Gasteiger partial charge in [-0.1, -0.05) is 36.2 Å². The second-order valence-electron chi connectivity index (χ2n) is 4.71. The molecule has 3 heteroatoms. The normalized spacial score (nSPS) is 12.2. The number of hydrogen-bond acceptors (Lipinski definition) is 1. The monoisotopic (exact) mass is 261 g/mol. The van der Waals surface area contributed by atoms with Gasteiger partial charge in [0.05, 0.1) is 0 Å². The van der Waals surface area contributed by atoms with E-state index in [1.165, 1.54) is 17.7 Å². The van der Waals surface area contributed by atoms with Crippen molar-refractivity contribution in [2.75, 3.05) is 5.23 Å². The maximum absolute atomic E-state index is 12.8. The smallest absolute Gasteiger partial charge is 0.291 e. The predicted octanol–water partition coefficient (Wildman–Crippen LogP) is 3.85. The van der Waals surface area contributed by atoms with Crippen LogP contribution in [0.1, 0.15) is 11.1 Å². The summed E-state index contributed by atoms with van der Waals surface area (Å²) in [7, 11) is 0. The molecule has 0 bridgehead atoms. The van der Waals surface area contributed by atoms with Crippen molar-refractivity contribution in [3.63, 3.8) is 0 Å². The molecule has 1 heterocycles. The van der Waals surface area contributed by atoms with Gasteiger partial charge in [0, 0.05) is 17.6 Å². The summed E-state index contributed by atoms with van der Waals surface area (Å²) in [5, 5.41) is 3.44. The lowest BCUT2D eigenvalue weighted by molar-refractivity contribution is 0.627. The largest absolute Gasteiger partial charge is 0.423 e. The molecule has 0 atom stereocenters. The van der Waals surface area contributed by atoms with E-state index in [1.807, 2.05) is 12.1 Å². The van der Waals surface area contributed by atoms with E-state index in [0.717, 1.165) is 17.6 Å². The molecule has 0 saturated heterocycles. The van der Waals surface area contributed by atoms with Crippen LogP contribution in [0.4, 0.5) is 10.1 Å². The number of anilines is 1. The molecule has 2 aromatic carbocycles. The molecule has 2 aromatic rings. The summed E-state index contributed by atoms with van der Waals surface area (Å²) in [5.41, 5.74) is 3.19. The predicted molar refractivity (Wildman–Crippen MR) is 82.9 cm³/mol. The van der Waals surface area contributed by atoms with Gasteiger partial charge in [-0.15, -0.1) is 5.92 Å². The first-order chi connectivity index (χ1) is 9.81. The number of benzene rings is 2. The number of nitrogens with one attached hydrogen (secondary N) is 1. The summed E-state index contributed by atoms with van der Waals surface area (Å²) in [5.74, 6) is 8.08. The highest BCUT2D eigenvalue weighted by Crippen LogP contribution is 2.21. The molecule has 20 heavy (non-hydrogen) atoms. The Morgan fingerprint density at radius 1 is 1.05 bits per heavy atom. The lowest BCUT2D eigenvalue weighted by Crippen LogP contribution is -2.24. The summed E-state index contributed by atoms with van der Waals surface area (Å²) >= 11 is 0. The van der Waals surface area contributed by atoms with E-state index in [9.17, 15) is 4.39 Å². The first-order valence-corrected chi connectivity index (χ1v) is 6.59. The third kappa shape index (κ3) is 2.92. The van der Waals surface area contributed by atoms with Gasteiger partial charge >= 0.3 is 0 Å². The standard InChI is InChI=1S/C17H13BFN/c19-16-9-7-14(8-10-16)4-3-12-18-13-11-15-5-1-2-6-17(15)20-18/h1-2,5-11,13,20H,12H2. The van der Waals surface area contributed by atoms with Crippen molar-refractivity contribution in [1.29, 1.82) is 0 Å². The van der Waals surface area contributed by atoms with E-state index in [4.69, 9.17) is 0 Å². The SMILES string of the molecule is Fc1ccc(C#CCB2C=Cc3ccccc3N2)cc1. The van der Waals surface area contributed by atoms with Crippen LogP contribution in [0.25, 0.3) is 6.08 Å². The van der Waals surface area contributed by atoms with Gasteiger partial charge in [-0.05, 0) is 35.9 Å². The quantitative estimate of drug-likeness (QED) is 0.607. The molecule has 0 aromatic heterocycles. The molecule has 0 fully saturated rings. The zero-order valence-electron chi connectivity index (χ0n) is 10.9. The number of rotatable bonds is 1. The Labute approximate surface area is 118 Å². The third-order valence-electron chi connectivity index (χ3n) is 3.21. The molecule has 1 N–H and O–H groups in total. The van der Waals surface area contributed by atoms with Gasteiger partial charge in [-0.3, -0.25) is 0 Å². The van der Waals surface area contributed by atoms with E-state index < -0.39 is 0 Å². The third-order valence-corrected chi connectivity index (χ3v) is 3.21. The molecule has 1 nitrogen and oxygen atoms in total. The van der Waals surface area contributed by atoms with Crippen molar-refractivity contribution in [2.24, 2.45) is 0 Å². The van der Waals surface area contributed by atoms with Gasteiger partial charge in [-0.25, -0.2) is 4.39 Å². The van der Waals surface area contributed by atoms with Crippen LogP contribution < -0.4 is 5.23 Å². The Bertz CT molecular complexity index is 695. The van der Waals surface area contributed by atoms with Crippen molar-refractivity contribution >= 4 is 18.6 Å². The Morgan fingerprint density at radius 3 is 2.70 bits per heavy atom. The molecule has 3 rings (SSSR count). The Kier molecular flexibility index (Phi) is 3.56. The van der Waals surface area contributed by atoms with Gasteiger partial charge in [0.15, 0.2) is 0 Å². The summed E-state index contributed by atoms with van der Waals surface area (Å²) in [6.07, 6.45) is 2.85. The molecule has 0 radical (unpaired) electrons. The second-order valence-corrected chi connectivity index (χ2v) is 4.71. The van der Waals surface area contributed by atoms with Gasteiger partial charge in [0.2, 0.25) is 0 Å². The number of halogens is 1. The minimum absolute atomic E-state index is 0.220. The van der Waals surface area contributed by atoms with Crippen molar-refractivity contribution in [3.8, 4) is 11.8 Å². The minimum atomic E-state index is -0.232. The van der Waals surface area contributed by atoms with Gasteiger partial charge in [-0.2, -0.15) is 0 Å². The zero-order valence-corrected chi connectivity index (χ0v) is 10.9. The second kappa shape index (κ2) is 5.67. The van der Waals surface area contributed by atoms with Crippen LogP contribution in [0.2, 0.25) is 6.32 Å². The average molecular weight is 261 g/mol. The lowest BCUT2D eigenvalue weighted by atomic mass is 9.57. The number of para-hydroxylation sites is 1. The fraction of sp³-hybridized carbons (Fsp3) is 0.0588. The Morgan fingerprint density at radius 2 is 1.85 bits per heavy atom. The first kappa shape index (κ1) is 12.6. The van der Waals surface area contributed by atoms with E-state index >= 15 is 0 Å². The van der Waals surface area contributed by atoms with Crippen molar-refractivity contribution in [2.45, 2.75) is 6.32 Å². The number of hydrogen-bond donors (Lipinski definition) is 1. The Hall–Kier alpha value is -2.47. The van der Waals surface area contributed by atoms with Crippen LogP contribution >= 0.6 is 0 Å². The van der Waals surface area contributed by atoms with E-state index in [-0.39, 0.29) is 12.7 Å². The van der Waals surface area contributed by atoms with Crippen molar-refractivity contribution in [3.05, 3.63) is 71.5 Å². The fourth-order valence-electron chi connectivity index (χ4n) is 2.16. The van der Waals surface area contributed by atoms with Crippen LogP contribution in [0, 0.1) is 17.7 Å². The first-order valence-electron chi connectivity index (χ1n) is 6.59. The average Bonchev–Trinajstić information content (AvgIpc) is 2.49. The molecule has 0 amide bonds. The van der Waals surface area contributed by atoms with E-state index in [1.54, 1.807) is 12.1 Å². The maximum atomic E-state index is 12.8. The molecule has 0 unspecified atom stereocenters. The summed E-state index contributed by atoms with van der Waals surface area (Å²) in [4.78, 5) is 0. The topological polar surface area (TPSA) is 12.0 Å². The van der Waals surface area contributed by atoms with Gasteiger partial charge < -0.3 is 5.23 Å². The summed E-state index contributed by atoms with van der Waals surface area (Å²) < 4.78 is 12.8. The van der Waals surface area contributed by atoms with Crippen molar-refractivity contribution in [1.82, 2.24) is 0 Å². The summed E-state index contributed by atoms with van der Waals surface area (Å²) in [6.45, 7) is 0.220. The molecule has 0 saturated carbocycles. The Balaban J connectivity index is 1.65. The van der Waals surface area contributed by atoms with Gasteiger partial charge in [0.1, 0.15) is 5.82 Å². The van der Waals surface area contributed by atoms with Crippen LogP contribution in [0.5, 0.6) is 0 Å². The van der Waals surface area contributed by atoms with Crippen LogP contribution in [0.3, 0.4) is 0 Å². The lowest BCUT2D eigenvalue weighted by Gasteiger charge is -2.17. The highest BCUT2D eigenvalue weighted by molar-refractivity contribution is 6.69. The maximum Gasteiger partial charge on any atom is 0.291 e. The molecule has 1 aliphatic rings. The fourth-order valence-corrected chi connectivity index (χ4v) is 2.16. The zero-order chi connectivity index (χ0) is 13.8. The summed E-state index contributed by atoms with van der Waals surface area (Å²) in [6, 6.07) is 14.5. The molecular formula is C17H13BFN. The molecule has 96 valence electrons. The highest BCUT2D eigenvalue weighted by Gasteiger charge is 2.14. The minimum Gasteiger partial charge on any atom is -0.423 e. The number of fused-ring (bicyclic) bond motifs is 1. The van der Waals surface area contributed by atoms with E-state index in [2.05, 4.69) is 41.3 Å². The van der Waals surface area contributed by atoms with Crippen LogP contribution in [-0.4, -0.2) is 6.85 Å². The molecule has 0 spiro atoms. The highest BCUT2D eigenvalue weighted by atomic mass is 19.1. The molecular weight excluding hydrogens is 248 g/mol. The van der Waals surface area contributed by atoms with Crippen LogP contribution in [-0.2, 0) is 0 Å².